The second kappa shape index (κ2) is 7.64. The molecule has 0 aromatic heterocycles. The van der Waals surface area contributed by atoms with Crippen molar-refractivity contribution in [3.05, 3.63) is 60.2 Å². The van der Waals surface area contributed by atoms with E-state index in [0.717, 1.165) is 10.5 Å². The molecule has 0 spiro atoms. The number of nitrogens with zero attached hydrogens (tertiary/aromatic N) is 2. The van der Waals surface area contributed by atoms with Gasteiger partial charge in [0, 0.05) is 5.69 Å². The standard InChI is InChI=1S/C21H21N3O4/c1-4-28-20(27)21(3)18(23-22-15-12-10-14(2)11-13-15)17(25)19(26)24(21)16-8-6-5-7-9-16/h5-13,22H,4H2,1-3H3/b23-18+/t21-/m0/s1. The Hall–Kier alpha value is -3.48. The lowest BCUT2D eigenvalue weighted by molar-refractivity contribution is -0.147. The Labute approximate surface area is 163 Å². The molecule has 1 aliphatic rings. The Morgan fingerprint density at radius 1 is 1.11 bits per heavy atom. The zero-order valence-corrected chi connectivity index (χ0v) is 15.9. The minimum atomic E-state index is -1.68. The first kappa shape index (κ1) is 19.3. The molecule has 1 heterocycles. The Balaban J connectivity index is 2.07. The molecule has 0 radical (unpaired) electrons. The van der Waals surface area contributed by atoms with Crippen LogP contribution in [-0.4, -0.2) is 35.5 Å². The second-order valence-corrected chi connectivity index (χ2v) is 6.54. The Morgan fingerprint density at radius 2 is 1.75 bits per heavy atom. The summed E-state index contributed by atoms with van der Waals surface area (Å²) < 4.78 is 5.18. The quantitative estimate of drug-likeness (QED) is 0.490. The van der Waals surface area contributed by atoms with E-state index in [-0.39, 0.29) is 12.3 Å². The third-order valence-electron chi connectivity index (χ3n) is 4.56. The largest absolute Gasteiger partial charge is 0.464 e. The molecule has 144 valence electrons. The predicted molar refractivity (Wildman–Crippen MR) is 106 cm³/mol. The number of aryl methyl sites for hydroxylation is 1. The van der Waals surface area contributed by atoms with Crippen molar-refractivity contribution < 1.29 is 19.1 Å². The zero-order chi connectivity index (χ0) is 20.3. The molecule has 1 aliphatic heterocycles. The lowest BCUT2D eigenvalue weighted by Crippen LogP contribution is -2.55. The third kappa shape index (κ3) is 3.26. The van der Waals surface area contributed by atoms with E-state index in [2.05, 4.69) is 10.5 Å². The molecule has 0 unspecified atom stereocenters. The fourth-order valence-electron chi connectivity index (χ4n) is 3.05. The number of ether oxygens (including phenoxy) is 1. The van der Waals surface area contributed by atoms with Crippen LogP contribution in [0.3, 0.4) is 0 Å². The second-order valence-electron chi connectivity index (χ2n) is 6.54. The molecule has 2 aromatic carbocycles. The van der Waals surface area contributed by atoms with Crippen LogP contribution in [0.4, 0.5) is 11.4 Å². The van der Waals surface area contributed by atoms with Crippen molar-refractivity contribution in [2.45, 2.75) is 26.3 Å². The summed E-state index contributed by atoms with van der Waals surface area (Å²) in [7, 11) is 0. The number of carbonyl (C=O) groups excluding carboxylic acids is 3. The van der Waals surface area contributed by atoms with Gasteiger partial charge in [-0.2, -0.15) is 5.10 Å². The van der Waals surface area contributed by atoms with Crippen LogP contribution in [0, 0.1) is 6.92 Å². The van der Waals surface area contributed by atoms with Crippen molar-refractivity contribution in [1.29, 1.82) is 0 Å². The first-order valence-corrected chi connectivity index (χ1v) is 8.91. The fraction of sp³-hybridized carbons (Fsp3) is 0.238. The van der Waals surface area contributed by atoms with Gasteiger partial charge >= 0.3 is 11.9 Å². The van der Waals surface area contributed by atoms with Crippen molar-refractivity contribution in [2.24, 2.45) is 5.10 Å². The van der Waals surface area contributed by atoms with E-state index >= 15 is 0 Å². The lowest BCUT2D eigenvalue weighted by atomic mass is 9.95. The van der Waals surface area contributed by atoms with Gasteiger partial charge in [-0.15, -0.1) is 0 Å². The SMILES string of the molecule is CCOC(=O)[C@]1(C)/C(=N/Nc2ccc(C)cc2)C(=O)C(=O)N1c1ccccc1. The minimum Gasteiger partial charge on any atom is -0.464 e. The molecule has 28 heavy (non-hydrogen) atoms. The molecule has 1 atom stereocenters. The van der Waals surface area contributed by atoms with Crippen LogP contribution >= 0.6 is 0 Å². The number of Topliss-reactive ketones (excluding diaryl/α,β-unsaturated/α-hetero) is 1. The molecule has 1 N–H and O–H groups in total. The topological polar surface area (TPSA) is 88.1 Å². The number of hydrazone groups is 1. The summed E-state index contributed by atoms with van der Waals surface area (Å²) in [6.45, 7) is 5.19. The minimum absolute atomic E-state index is 0.109. The van der Waals surface area contributed by atoms with E-state index in [1.54, 1.807) is 49.4 Å². The van der Waals surface area contributed by atoms with E-state index in [0.29, 0.717) is 11.4 Å². The summed E-state index contributed by atoms with van der Waals surface area (Å²) >= 11 is 0. The van der Waals surface area contributed by atoms with Crippen LogP contribution in [0.15, 0.2) is 59.7 Å². The third-order valence-corrected chi connectivity index (χ3v) is 4.56. The normalized spacial score (nSPS) is 20.5. The molecule has 1 saturated heterocycles. The van der Waals surface area contributed by atoms with E-state index in [1.807, 2.05) is 19.1 Å². The van der Waals surface area contributed by atoms with Crippen molar-refractivity contribution in [1.82, 2.24) is 0 Å². The lowest BCUT2D eigenvalue weighted by Gasteiger charge is -2.31. The van der Waals surface area contributed by atoms with Gasteiger partial charge in [0.25, 0.3) is 5.78 Å². The summed E-state index contributed by atoms with van der Waals surface area (Å²) in [5.74, 6) is -2.40. The maximum absolute atomic E-state index is 12.8. The monoisotopic (exact) mass is 379 g/mol. The molecule has 1 fully saturated rings. The summed E-state index contributed by atoms with van der Waals surface area (Å²) in [5.41, 5.74) is 2.99. The number of hydrogen-bond acceptors (Lipinski definition) is 6. The van der Waals surface area contributed by atoms with E-state index in [4.69, 9.17) is 4.74 Å². The highest BCUT2D eigenvalue weighted by molar-refractivity contribution is 6.75. The molecule has 2 aromatic rings. The molecule has 0 aliphatic carbocycles. The molecule has 0 bridgehead atoms. The predicted octanol–water partition coefficient (Wildman–Crippen LogP) is 2.70. The zero-order valence-electron chi connectivity index (χ0n) is 15.9. The smallest absolute Gasteiger partial charge is 0.338 e. The number of nitrogens with one attached hydrogen (secondary N) is 1. The Morgan fingerprint density at radius 3 is 2.36 bits per heavy atom. The Kier molecular flexibility index (Phi) is 5.26. The summed E-state index contributed by atoms with van der Waals surface area (Å²) in [6.07, 6.45) is 0. The number of benzene rings is 2. The highest BCUT2D eigenvalue weighted by Gasteiger charge is 2.60. The number of hydrogen-bond donors (Lipinski definition) is 1. The molecule has 7 heteroatoms. The summed E-state index contributed by atoms with van der Waals surface area (Å²) in [6, 6.07) is 15.9. The number of carbonyl (C=O) groups is 3. The van der Waals surface area contributed by atoms with Crippen molar-refractivity contribution in [2.75, 3.05) is 16.9 Å². The van der Waals surface area contributed by atoms with Crippen LogP contribution in [0.1, 0.15) is 19.4 Å². The molecular weight excluding hydrogens is 358 g/mol. The highest BCUT2D eigenvalue weighted by atomic mass is 16.5. The molecule has 1 amide bonds. The van der Waals surface area contributed by atoms with Crippen molar-refractivity contribution in [3.63, 3.8) is 0 Å². The summed E-state index contributed by atoms with van der Waals surface area (Å²) in [5, 5.41) is 4.14. The fourth-order valence-corrected chi connectivity index (χ4v) is 3.05. The number of amides is 1. The number of para-hydroxylation sites is 1. The number of ketones is 1. The van der Waals surface area contributed by atoms with Crippen LogP contribution in [0.2, 0.25) is 0 Å². The maximum Gasteiger partial charge on any atom is 0.338 e. The van der Waals surface area contributed by atoms with E-state index in [9.17, 15) is 14.4 Å². The van der Waals surface area contributed by atoms with Crippen LogP contribution in [0.25, 0.3) is 0 Å². The van der Waals surface area contributed by atoms with Crippen LogP contribution in [-0.2, 0) is 19.1 Å². The van der Waals surface area contributed by atoms with Gasteiger partial charge in [-0.3, -0.25) is 19.9 Å². The first-order valence-electron chi connectivity index (χ1n) is 8.91. The molecule has 7 nitrogen and oxygen atoms in total. The van der Waals surface area contributed by atoms with Gasteiger partial charge in [0.2, 0.25) is 0 Å². The van der Waals surface area contributed by atoms with Gasteiger partial charge in [0.15, 0.2) is 11.3 Å². The maximum atomic E-state index is 12.8. The van der Waals surface area contributed by atoms with Crippen molar-refractivity contribution in [3.8, 4) is 0 Å². The average Bonchev–Trinajstić information content (AvgIpc) is 2.89. The molecule has 0 saturated carbocycles. The van der Waals surface area contributed by atoms with E-state index < -0.39 is 23.2 Å². The van der Waals surface area contributed by atoms with Crippen molar-refractivity contribution >= 4 is 34.7 Å². The van der Waals surface area contributed by atoms with E-state index in [1.165, 1.54) is 6.92 Å². The van der Waals surface area contributed by atoms with Gasteiger partial charge in [-0.05, 0) is 45.0 Å². The van der Waals surface area contributed by atoms with Gasteiger partial charge in [0.05, 0.1) is 12.3 Å². The average molecular weight is 379 g/mol. The molecule has 3 rings (SSSR count). The van der Waals surface area contributed by atoms with Crippen LogP contribution < -0.4 is 10.3 Å². The van der Waals surface area contributed by atoms with Crippen LogP contribution in [0.5, 0.6) is 0 Å². The van der Waals surface area contributed by atoms with Gasteiger partial charge in [-0.1, -0.05) is 35.9 Å². The summed E-state index contributed by atoms with van der Waals surface area (Å²) in [4.78, 5) is 39.4. The Bertz CT molecular complexity index is 938. The number of rotatable bonds is 5. The number of anilines is 2. The number of esters is 1. The van der Waals surface area contributed by atoms with Gasteiger partial charge in [-0.25, -0.2) is 4.79 Å². The van der Waals surface area contributed by atoms with Gasteiger partial charge in [0.1, 0.15) is 0 Å². The highest BCUT2D eigenvalue weighted by Crippen LogP contribution is 2.33. The van der Waals surface area contributed by atoms with Gasteiger partial charge < -0.3 is 4.74 Å². The first-order chi connectivity index (χ1) is 13.4. The molecular formula is C21H21N3O4.